The van der Waals surface area contributed by atoms with E-state index in [1.54, 1.807) is 18.2 Å². The molecule has 1 atom stereocenters. The molecule has 9 nitrogen and oxygen atoms in total. The monoisotopic (exact) mass is 377 g/mol. The fraction of sp³-hybridized carbons (Fsp3) is 0.125. The number of furan rings is 1. The standard InChI is InChI=1S/C16H15N3O6S/c1-24-15(20)11-5-2-3-7-14(11)26(22,23)18-16(21)19-12(8-9-17-19)13-6-4-10-25-13/h2-10,12,17H,1H3,(H,18,21). The molecule has 0 saturated carbocycles. The highest BCUT2D eigenvalue weighted by molar-refractivity contribution is 7.90. The minimum absolute atomic E-state index is 0.176. The molecule has 0 saturated heterocycles. The van der Waals surface area contributed by atoms with Crippen molar-refractivity contribution in [2.75, 3.05) is 7.11 Å². The highest BCUT2D eigenvalue weighted by Crippen LogP contribution is 2.25. The van der Waals surface area contributed by atoms with E-state index in [1.165, 1.54) is 36.7 Å². The summed E-state index contributed by atoms with van der Waals surface area (Å²) in [5.41, 5.74) is 2.47. The number of methoxy groups -OCH3 is 1. The first kappa shape index (κ1) is 17.5. The minimum atomic E-state index is -4.32. The summed E-state index contributed by atoms with van der Waals surface area (Å²) in [6, 6.07) is 7.20. The van der Waals surface area contributed by atoms with E-state index in [9.17, 15) is 18.0 Å². The van der Waals surface area contributed by atoms with Crippen LogP contribution in [0.5, 0.6) is 0 Å². The number of nitrogens with zero attached hydrogens (tertiary/aromatic N) is 1. The summed E-state index contributed by atoms with van der Waals surface area (Å²) in [5.74, 6) is -0.374. The van der Waals surface area contributed by atoms with Crippen LogP contribution in [-0.2, 0) is 14.8 Å². The van der Waals surface area contributed by atoms with Crippen molar-refractivity contribution in [3.63, 3.8) is 0 Å². The van der Waals surface area contributed by atoms with Gasteiger partial charge < -0.3 is 14.6 Å². The quantitative estimate of drug-likeness (QED) is 0.776. The van der Waals surface area contributed by atoms with Crippen LogP contribution in [0.1, 0.15) is 22.2 Å². The number of hydrazine groups is 1. The van der Waals surface area contributed by atoms with Crippen molar-refractivity contribution < 1.29 is 27.2 Å². The predicted octanol–water partition coefficient (Wildman–Crippen LogP) is 1.54. The molecule has 0 spiro atoms. The minimum Gasteiger partial charge on any atom is -0.467 e. The van der Waals surface area contributed by atoms with E-state index in [0.717, 1.165) is 12.1 Å². The van der Waals surface area contributed by atoms with E-state index in [2.05, 4.69) is 10.2 Å². The molecule has 0 aliphatic carbocycles. The summed E-state index contributed by atoms with van der Waals surface area (Å²) in [5, 5.41) is 1.05. The average Bonchev–Trinajstić information content (AvgIpc) is 3.31. The second-order valence-electron chi connectivity index (χ2n) is 5.22. The number of carbonyl (C=O) groups excluding carboxylic acids is 2. The van der Waals surface area contributed by atoms with Gasteiger partial charge in [0.2, 0.25) is 0 Å². The molecule has 2 heterocycles. The Morgan fingerprint density at radius 2 is 2.00 bits per heavy atom. The number of ether oxygens (including phenoxy) is 1. The van der Waals surface area contributed by atoms with Crippen molar-refractivity contribution in [3.8, 4) is 0 Å². The summed E-state index contributed by atoms with van der Waals surface area (Å²) in [6.07, 6.45) is 4.57. The first-order valence-electron chi connectivity index (χ1n) is 7.43. The molecule has 10 heteroatoms. The van der Waals surface area contributed by atoms with Gasteiger partial charge in [-0.2, -0.15) is 0 Å². The lowest BCUT2D eigenvalue weighted by atomic mass is 10.2. The van der Waals surface area contributed by atoms with Gasteiger partial charge in [0.1, 0.15) is 16.7 Å². The Balaban J connectivity index is 1.84. The number of hydrogen-bond donors (Lipinski definition) is 2. The van der Waals surface area contributed by atoms with Crippen LogP contribution >= 0.6 is 0 Å². The van der Waals surface area contributed by atoms with Crippen molar-refractivity contribution in [2.45, 2.75) is 10.9 Å². The number of urea groups is 1. The smallest absolute Gasteiger partial charge is 0.350 e. The summed E-state index contributed by atoms with van der Waals surface area (Å²) in [4.78, 5) is 23.9. The second-order valence-corrected chi connectivity index (χ2v) is 6.87. The van der Waals surface area contributed by atoms with Crippen LogP contribution in [0.3, 0.4) is 0 Å². The Morgan fingerprint density at radius 1 is 1.23 bits per heavy atom. The summed E-state index contributed by atoms with van der Waals surface area (Å²) in [7, 11) is -3.18. The van der Waals surface area contributed by atoms with E-state index in [0.29, 0.717) is 5.76 Å². The number of sulfonamides is 1. The maximum Gasteiger partial charge on any atom is 0.350 e. The maximum atomic E-state index is 12.6. The zero-order valence-corrected chi connectivity index (χ0v) is 14.4. The third kappa shape index (κ3) is 3.26. The molecule has 1 aliphatic rings. The number of amides is 2. The van der Waals surface area contributed by atoms with Crippen LogP contribution in [0.15, 0.2) is 64.2 Å². The van der Waals surface area contributed by atoms with Gasteiger partial charge in [0.05, 0.1) is 18.9 Å². The maximum absolute atomic E-state index is 12.6. The van der Waals surface area contributed by atoms with Crippen LogP contribution in [0.4, 0.5) is 4.79 Å². The molecule has 26 heavy (non-hydrogen) atoms. The Morgan fingerprint density at radius 3 is 2.69 bits per heavy atom. The first-order valence-corrected chi connectivity index (χ1v) is 8.92. The lowest BCUT2D eigenvalue weighted by molar-refractivity contribution is 0.0596. The summed E-state index contributed by atoms with van der Waals surface area (Å²) >= 11 is 0. The van der Waals surface area contributed by atoms with Gasteiger partial charge in [0.15, 0.2) is 0 Å². The molecule has 3 rings (SSSR count). The first-order chi connectivity index (χ1) is 12.4. The average molecular weight is 377 g/mol. The number of esters is 1. The molecule has 0 radical (unpaired) electrons. The highest BCUT2D eigenvalue weighted by atomic mass is 32.2. The molecule has 1 aromatic heterocycles. The fourth-order valence-corrected chi connectivity index (χ4v) is 3.58. The topological polar surface area (TPSA) is 118 Å². The molecule has 0 fully saturated rings. The van der Waals surface area contributed by atoms with Crippen LogP contribution in [0.25, 0.3) is 0 Å². The molecule has 2 aromatic rings. The molecule has 1 unspecified atom stereocenters. The van der Waals surface area contributed by atoms with Gasteiger partial charge in [0, 0.05) is 6.20 Å². The number of benzene rings is 1. The summed E-state index contributed by atoms with van der Waals surface area (Å²) < 4.78 is 37.0. The molecule has 1 aromatic carbocycles. The van der Waals surface area contributed by atoms with Gasteiger partial charge >= 0.3 is 12.0 Å². The van der Waals surface area contributed by atoms with Crippen LogP contribution in [0.2, 0.25) is 0 Å². The molecule has 0 bridgehead atoms. The van der Waals surface area contributed by atoms with Crippen molar-refractivity contribution >= 4 is 22.0 Å². The zero-order valence-electron chi connectivity index (χ0n) is 13.6. The predicted molar refractivity (Wildman–Crippen MR) is 89.1 cm³/mol. The SMILES string of the molecule is COC(=O)c1ccccc1S(=O)(=O)NC(=O)N1NC=CC1c1ccco1. The lowest BCUT2D eigenvalue weighted by Gasteiger charge is -2.23. The molecule has 2 N–H and O–H groups in total. The number of carbonyl (C=O) groups is 2. The number of hydrogen-bond acceptors (Lipinski definition) is 7. The molecule has 1 aliphatic heterocycles. The molecular formula is C16H15N3O6S. The van der Waals surface area contributed by atoms with Crippen molar-refractivity contribution in [2.24, 2.45) is 0 Å². The van der Waals surface area contributed by atoms with Gasteiger partial charge in [-0.25, -0.2) is 27.7 Å². The third-order valence-electron chi connectivity index (χ3n) is 3.63. The highest BCUT2D eigenvalue weighted by Gasteiger charge is 2.32. The Bertz CT molecular complexity index is 952. The third-order valence-corrected chi connectivity index (χ3v) is 5.01. The van der Waals surface area contributed by atoms with Crippen LogP contribution in [-0.4, -0.2) is 32.5 Å². The van der Waals surface area contributed by atoms with E-state index in [-0.39, 0.29) is 10.5 Å². The van der Waals surface area contributed by atoms with Crippen LogP contribution in [0, 0.1) is 0 Å². The Kier molecular flexibility index (Phi) is 4.67. The Labute approximate surface area is 149 Å². The summed E-state index contributed by atoms with van der Waals surface area (Å²) in [6.45, 7) is 0. The van der Waals surface area contributed by atoms with E-state index >= 15 is 0 Å². The van der Waals surface area contributed by atoms with Gasteiger partial charge in [-0.3, -0.25) is 0 Å². The van der Waals surface area contributed by atoms with Crippen molar-refractivity contribution in [1.29, 1.82) is 0 Å². The van der Waals surface area contributed by atoms with Crippen molar-refractivity contribution in [3.05, 3.63) is 66.3 Å². The molecule has 2 amide bonds. The van der Waals surface area contributed by atoms with Gasteiger partial charge in [-0.05, 0) is 30.3 Å². The van der Waals surface area contributed by atoms with E-state index in [4.69, 9.17) is 4.42 Å². The number of nitrogens with one attached hydrogen (secondary N) is 2. The zero-order chi connectivity index (χ0) is 18.7. The Hall–Kier alpha value is -3.27. The van der Waals surface area contributed by atoms with Crippen LogP contribution < -0.4 is 10.1 Å². The molecular weight excluding hydrogens is 362 g/mol. The lowest BCUT2D eigenvalue weighted by Crippen LogP contribution is -2.47. The normalized spacial score (nSPS) is 16.2. The van der Waals surface area contributed by atoms with Gasteiger partial charge in [-0.1, -0.05) is 12.1 Å². The van der Waals surface area contributed by atoms with E-state index < -0.39 is 28.1 Å². The van der Waals surface area contributed by atoms with Crippen molar-refractivity contribution in [1.82, 2.24) is 15.2 Å². The van der Waals surface area contributed by atoms with Gasteiger partial charge in [-0.15, -0.1) is 0 Å². The van der Waals surface area contributed by atoms with E-state index in [1.807, 2.05) is 4.72 Å². The molecule has 136 valence electrons. The second kappa shape index (κ2) is 6.92. The fourth-order valence-electron chi connectivity index (χ4n) is 2.45. The number of rotatable bonds is 4. The largest absolute Gasteiger partial charge is 0.467 e. The van der Waals surface area contributed by atoms with Gasteiger partial charge in [0.25, 0.3) is 10.0 Å².